The Morgan fingerprint density at radius 2 is 1.67 bits per heavy atom. The van der Waals surface area contributed by atoms with Gasteiger partial charge in [0.05, 0.1) is 0 Å². The molecule has 0 radical (unpaired) electrons. The van der Waals surface area contributed by atoms with Crippen LogP contribution < -0.4 is 4.90 Å². The predicted molar refractivity (Wildman–Crippen MR) is 69.1 cm³/mol. The highest BCUT2D eigenvalue weighted by Crippen LogP contribution is 2.27. The highest BCUT2D eigenvalue weighted by Gasteiger charge is 2.21. The van der Waals surface area contributed by atoms with E-state index in [1.54, 1.807) is 4.90 Å². The molecule has 0 atom stereocenters. The summed E-state index contributed by atoms with van der Waals surface area (Å²) in [6, 6.07) is 2.13. The number of hydrogen-bond donors (Lipinski definition) is 0. The molecule has 0 aromatic heterocycles. The molecule has 1 aromatic rings. The van der Waals surface area contributed by atoms with E-state index < -0.39 is 11.6 Å². The van der Waals surface area contributed by atoms with Gasteiger partial charge in [-0.15, -0.1) is 0 Å². The predicted octanol–water partition coefficient (Wildman–Crippen LogP) is 3.65. The fourth-order valence-corrected chi connectivity index (χ4v) is 1.88. The largest absolute Gasteiger partial charge is 0.364 e. The molecule has 2 nitrogen and oxygen atoms in total. The molecule has 0 aliphatic heterocycles. The first kappa shape index (κ1) is 14.6. The van der Waals surface area contributed by atoms with E-state index in [9.17, 15) is 13.6 Å². The molecule has 4 heteroatoms. The number of carbonyl (C=O) groups excluding carboxylic acids is 1. The summed E-state index contributed by atoms with van der Waals surface area (Å²) >= 11 is 0. The Balaban J connectivity index is 3.23. The van der Waals surface area contributed by atoms with Crippen LogP contribution in [-0.4, -0.2) is 18.9 Å². The minimum atomic E-state index is -0.688. The normalized spacial score (nSPS) is 11.1. The summed E-state index contributed by atoms with van der Waals surface area (Å²) in [4.78, 5) is 12.2. The standard InChI is InChI=1S/C14H19F2NO/c1-9(2)7-17(10(3)4)14-12(15)5-11(8-18)6-13(14)16/h5-6,8-10H,7H2,1-4H3. The maximum atomic E-state index is 13.9. The lowest BCUT2D eigenvalue weighted by atomic mass is 10.1. The van der Waals surface area contributed by atoms with Crippen molar-refractivity contribution in [3.8, 4) is 0 Å². The van der Waals surface area contributed by atoms with E-state index in [1.165, 1.54) is 0 Å². The summed E-state index contributed by atoms with van der Waals surface area (Å²) in [7, 11) is 0. The van der Waals surface area contributed by atoms with Gasteiger partial charge in [0.1, 0.15) is 23.6 Å². The van der Waals surface area contributed by atoms with Crippen molar-refractivity contribution < 1.29 is 13.6 Å². The smallest absolute Gasteiger partial charge is 0.150 e. The molecule has 100 valence electrons. The number of carbonyl (C=O) groups is 1. The van der Waals surface area contributed by atoms with Gasteiger partial charge in [-0.2, -0.15) is 0 Å². The van der Waals surface area contributed by atoms with Crippen molar-refractivity contribution in [2.24, 2.45) is 5.92 Å². The third kappa shape index (κ3) is 3.28. The monoisotopic (exact) mass is 255 g/mol. The molecular formula is C14H19F2NO. The van der Waals surface area contributed by atoms with Gasteiger partial charge in [-0.3, -0.25) is 4.79 Å². The van der Waals surface area contributed by atoms with Crippen LogP contribution >= 0.6 is 0 Å². The molecule has 18 heavy (non-hydrogen) atoms. The molecule has 0 aliphatic carbocycles. The van der Waals surface area contributed by atoms with Crippen LogP contribution in [0, 0.1) is 17.6 Å². The third-order valence-electron chi connectivity index (χ3n) is 2.65. The minimum Gasteiger partial charge on any atom is -0.364 e. The van der Waals surface area contributed by atoms with Crippen LogP contribution in [0.15, 0.2) is 12.1 Å². The van der Waals surface area contributed by atoms with Gasteiger partial charge in [0.25, 0.3) is 0 Å². The molecule has 0 aliphatic rings. The van der Waals surface area contributed by atoms with Gasteiger partial charge in [0.15, 0.2) is 0 Å². The molecule has 0 fully saturated rings. The second-order valence-corrected chi connectivity index (χ2v) is 5.09. The Kier molecular flexibility index (Phi) is 4.82. The number of rotatable bonds is 5. The molecular weight excluding hydrogens is 236 g/mol. The number of nitrogens with zero attached hydrogens (tertiary/aromatic N) is 1. The summed E-state index contributed by atoms with van der Waals surface area (Å²) < 4.78 is 27.8. The lowest BCUT2D eigenvalue weighted by Crippen LogP contribution is -2.35. The van der Waals surface area contributed by atoms with E-state index in [-0.39, 0.29) is 23.2 Å². The highest BCUT2D eigenvalue weighted by molar-refractivity contribution is 5.76. The lowest BCUT2D eigenvalue weighted by Gasteiger charge is -2.31. The van der Waals surface area contributed by atoms with E-state index in [1.807, 2.05) is 27.7 Å². The van der Waals surface area contributed by atoms with Crippen molar-refractivity contribution in [2.75, 3.05) is 11.4 Å². The molecule has 0 saturated heterocycles. The Labute approximate surface area is 107 Å². The Morgan fingerprint density at radius 1 is 1.17 bits per heavy atom. The van der Waals surface area contributed by atoms with E-state index in [0.29, 0.717) is 12.8 Å². The zero-order valence-corrected chi connectivity index (χ0v) is 11.2. The SMILES string of the molecule is CC(C)CN(c1c(F)cc(C=O)cc1F)C(C)C. The summed E-state index contributed by atoms with van der Waals surface area (Å²) in [5.41, 5.74) is -0.0358. The summed E-state index contributed by atoms with van der Waals surface area (Å²) in [5, 5.41) is 0. The quantitative estimate of drug-likeness (QED) is 0.748. The summed E-state index contributed by atoms with van der Waals surface area (Å²) in [6.45, 7) is 8.31. The summed E-state index contributed by atoms with van der Waals surface area (Å²) in [5.74, 6) is -1.09. The van der Waals surface area contributed by atoms with Crippen LogP contribution in [0.3, 0.4) is 0 Å². The fraction of sp³-hybridized carbons (Fsp3) is 0.500. The Morgan fingerprint density at radius 3 is 2.00 bits per heavy atom. The van der Waals surface area contributed by atoms with Crippen LogP contribution in [0.1, 0.15) is 38.1 Å². The maximum Gasteiger partial charge on any atom is 0.150 e. The van der Waals surface area contributed by atoms with Crippen molar-refractivity contribution in [3.63, 3.8) is 0 Å². The number of aldehydes is 1. The van der Waals surface area contributed by atoms with Crippen molar-refractivity contribution in [3.05, 3.63) is 29.3 Å². The van der Waals surface area contributed by atoms with Gasteiger partial charge in [-0.05, 0) is 31.9 Å². The fourth-order valence-electron chi connectivity index (χ4n) is 1.88. The van der Waals surface area contributed by atoms with Crippen molar-refractivity contribution >= 4 is 12.0 Å². The highest BCUT2D eigenvalue weighted by atomic mass is 19.1. The van der Waals surface area contributed by atoms with Crippen molar-refractivity contribution in [2.45, 2.75) is 33.7 Å². The van der Waals surface area contributed by atoms with Gasteiger partial charge >= 0.3 is 0 Å². The van der Waals surface area contributed by atoms with Crippen LogP contribution in [0.5, 0.6) is 0 Å². The first-order valence-corrected chi connectivity index (χ1v) is 6.07. The minimum absolute atomic E-state index is 0.0153. The molecule has 0 unspecified atom stereocenters. The van der Waals surface area contributed by atoms with Crippen molar-refractivity contribution in [1.82, 2.24) is 0 Å². The molecule has 0 bridgehead atoms. The molecule has 0 saturated carbocycles. The van der Waals surface area contributed by atoms with Crippen LogP contribution in [-0.2, 0) is 0 Å². The van der Waals surface area contributed by atoms with Gasteiger partial charge in [0.2, 0.25) is 0 Å². The van der Waals surface area contributed by atoms with Gasteiger partial charge in [-0.1, -0.05) is 13.8 Å². The number of anilines is 1. The van der Waals surface area contributed by atoms with Gasteiger partial charge in [-0.25, -0.2) is 8.78 Å². The molecule has 1 aromatic carbocycles. The zero-order chi connectivity index (χ0) is 13.9. The maximum absolute atomic E-state index is 13.9. The van der Waals surface area contributed by atoms with Gasteiger partial charge < -0.3 is 4.90 Å². The number of halogens is 2. The van der Waals surface area contributed by atoms with E-state index >= 15 is 0 Å². The van der Waals surface area contributed by atoms with Crippen LogP contribution in [0.25, 0.3) is 0 Å². The molecule has 0 amide bonds. The molecule has 0 spiro atoms. The first-order valence-electron chi connectivity index (χ1n) is 6.07. The van der Waals surface area contributed by atoms with E-state index in [4.69, 9.17) is 0 Å². The number of hydrogen-bond acceptors (Lipinski definition) is 2. The molecule has 0 N–H and O–H groups in total. The van der Waals surface area contributed by atoms with Crippen LogP contribution in [0.4, 0.5) is 14.5 Å². The zero-order valence-electron chi connectivity index (χ0n) is 11.2. The number of benzene rings is 1. The van der Waals surface area contributed by atoms with E-state index in [2.05, 4.69) is 0 Å². The van der Waals surface area contributed by atoms with Crippen LogP contribution in [0.2, 0.25) is 0 Å². The third-order valence-corrected chi connectivity index (χ3v) is 2.65. The topological polar surface area (TPSA) is 20.3 Å². The van der Waals surface area contributed by atoms with E-state index in [0.717, 1.165) is 12.1 Å². The first-order chi connectivity index (χ1) is 8.36. The Bertz CT molecular complexity index is 407. The Hall–Kier alpha value is -1.45. The average Bonchev–Trinajstić information content (AvgIpc) is 2.25. The summed E-state index contributed by atoms with van der Waals surface area (Å²) in [6.07, 6.45) is 0.443. The second-order valence-electron chi connectivity index (χ2n) is 5.09. The molecule has 1 rings (SSSR count). The van der Waals surface area contributed by atoms with Crippen molar-refractivity contribution in [1.29, 1.82) is 0 Å². The average molecular weight is 255 g/mol. The molecule has 0 heterocycles. The second kappa shape index (κ2) is 5.94. The lowest BCUT2D eigenvalue weighted by molar-refractivity contribution is 0.112. The van der Waals surface area contributed by atoms with Gasteiger partial charge in [0, 0.05) is 18.2 Å².